The van der Waals surface area contributed by atoms with Crippen LogP contribution in [-0.4, -0.2) is 10.9 Å². The van der Waals surface area contributed by atoms with Gasteiger partial charge >= 0.3 is 0 Å². The molecule has 0 aliphatic rings. The van der Waals surface area contributed by atoms with E-state index in [-0.39, 0.29) is 0 Å². The summed E-state index contributed by atoms with van der Waals surface area (Å²) in [5.41, 5.74) is 1.15. The maximum Gasteiger partial charge on any atom is 0.0592 e. The van der Waals surface area contributed by atoms with E-state index in [1.807, 2.05) is 12.3 Å². The van der Waals surface area contributed by atoms with Gasteiger partial charge in [-0.2, -0.15) is 0 Å². The molecule has 1 nitrogen and oxygen atoms in total. The van der Waals surface area contributed by atoms with E-state index in [1.165, 1.54) is 0 Å². The van der Waals surface area contributed by atoms with Gasteiger partial charge in [0.15, 0.2) is 0 Å². The zero-order chi connectivity index (χ0) is 8.10. The summed E-state index contributed by atoms with van der Waals surface area (Å²) in [6, 6.07) is 1.92. The highest BCUT2D eigenvalue weighted by Crippen LogP contribution is 2.09. The van der Waals surface area contributed by atoms with Gasteiger partial charge in [0.1, 0.15) is 0 Å². The van der Waals surface area contributed by atoms with E-state index < -0.39 is 0 Å². The molecule has 1 aromatic rings. The third-order valence-corrected chi connectivity index (χ3v) is 1.83. The van der Waals surface area contributed by atoms with Crippen LogP contribution in [0.5, 0.6) is 0 Å². The molecule has 1 rings (SSSR count). The molecule has 0 aliphatic heterocycles. The van der Waals surface area contributed by atoms with Gasteiger partial charge in [0.2, 0.25) is 0 Å². The summed E-state index contributed by atoms with van der Waals surface area (Å²) in [6.45, 7) is 0. The van der Waals surface area contributed by atoms with Crippen LogP contribution in [0.2, 0.25) is 5.02 Å². The van der Waals surface area contributed by atoms with Gasteiger partial charge in [-0.15, -0.1) is 11.6 Å². The van der Waals surface area contributed by atoms with Crippen molar-refractivity contribution in [2.24, 2.45) is 0 Å². The molecule has 0 unspecified atom stereocenters. The number of hydrogen-bond donors (Lipinski definition) is 0. The van der Waals surface area contributed by atoms with Crippen LogP contribution in [0.3, 0.4) is 0 Å². The number of rotatable bonds is 3. The molecule has 0 spiro atoms. The lowest BCUT2D eigenvalue weighted by Crippen LogP contribution is -1.86. The van der Waals surface area contributed by atoms with Crippen molar-refractivity contribution in [3.63, 3.8) is 0 Å². The molecular weight excluding hydrogens is 181 g/mol. The molecule has 0 aliphatic carbocycles. The molecule has 60 valence electrons. The van der Waals surface area contributed by atoms with Crippen molar-refractivity contribution < 1.29 is 0 Å². The zero-order valence-electron chi connectivity index (χ0n) is 6.06. The molecule has 0 radical (unpaired) electrons. The SMILES string of the molecule is ClCCCc1cncc(Cl)c1. The van der Waals surface area contributed by atoms with Crippen molar-refractivity contribution >= 4 is 23.2 Å². The zero-order valence-corrected chi connectivity index (χ0v) is 7.57. The molecule has 0 bridgehead atoms. The van der Waals surface area contributed by atoms with Gasteiger partial charge in [0, 0.05) is 18.3 Å². The van der Waals surface area contributed by atoms with E-state index in [0.717, 1.165) is 18.4 Å². The van der Waals surface area contributed by atoms with Crippen molar-refractivity contribution in [3.8, 4) is 0 Å². The van der Waals surface area contributed by atoms with Gasteiger partial charge in [-0.3, -0.25) is 4.98 Å². The quantitative estimate of drug-likeness (QED) is 0.667. The van der Waals surface area contributed by atoms with Crippen molar-refractivity contribution in [1.82, 2.24) is 4.98 Å². The molecule has 1 heterocycles. The Balaban J connectivity index is 2.56. The topological polar surface area (TPSA) is 12.9 Å². The minimum atomic E-state index is 0.687. The minimum absolute atomic E-state index is 0.687. The normalized spacial score (nSPS) is 10.0. The fourth-order valence-corrected chi connectivity index (χ4v) is 1.19. The monoisotopic (exact) mass is 189 g/mol. The number of aryl methyl sites for hydroxylation is 1. The molecule has 0 fully saturated rings. The molecule has 0 amide bonds. The number of pyridine rings is 1. The van der Waals surface area contributed by atoms with E-state index in [9.17, 15) is 0 Å². The molecule has 3 heteroatoms. The molecule has 1 aromatic heterocycles. The van der Waals surface area contributed by atoms with Crippen molar-refractivity contribution in [1.29, 1.82) is 0 Å². The minimum Gasteiger partial charge on any atom is -0.263 e. The largest absolute Gasteiger partial charge is 0.263 e. The van der Waals surface area contributed by atoms with Crippen LogP contribution in [0.4, 0.5) is 0 Å². The molecular formula is C8H9Cl2N. The molecule has 0 atom stereocenters. The summed E-state index contributed by atoms with van der Waals surface area (Å²) in [7, 11) is 0. The summed E-state index contributed by atoms with van der Waals surface area (Å²) >= 11 is 11.3. The van der Waals surface area contributed by atoms with Crippen LogP contribution in [0.15, 0.2) is 18.5 Å². The van der Waals surface area contributed by atoms with Gasteiger partial charge in [-0.1, -0.05) is 11.6 Å². The molecule has 0 saturated carbocycles. The predicted octanol–water partition coefficient (Wildman–Crippen LogP) is 2.91. The van der Waals surface area contributed by atoms with Crippen LogP contribution < -0.4 is 0 Å². The lowest BCUT2D eigenvalue weighted by molar-refractivity contribution is 0.920. The number of hydrogen-bond acceptors (Lipinski definition) is 1. The van der Waals surface area contributed by atoms with Crippen LogP contribution in [0.1, 0.15) is 12.0 Å². The first kappa shape index (κ1) is 8.82. The number of nitrogens with zero attached hydrogens (tertiary/aromatic N) is 1. The maximum absolute atomic E-state index is 5.73. The Kier molecular flexibility index (Phi) is 3.67. The average molecular weight is 190 g/mol. The highest BCUT2D eigenvalue weighted by Gasteiger charge is 1.93. The maximum atomic E-state index is 5.73. The number of halogens is 2. The highest BCUT2D eigenvalue weighted by molar-refractivity contribution is 6.30. The molecule has 0 saturated heterocycles. The second-order valence-corrected chi connectivity index (χ2v) is 3.12. The summed E-state index contributed by atoms with van der Waals surface area (Å²) in [4.78, 5) is 3.96. The van der Waals surface area contributed by atoms with Crippen molar-refractivity contribution in [2.45, 2.75) is 12.8 Å². The first-order valence-corrected chi connectivity index (χ1v) is 4.39. The van der Waals surface area contributed by atoms with E-state index in [4.69, 9.17) is 23.2 Å². The Labute approximate surface area is 76.4 Å². The number of aromatic nitrogens is 1. The standard InChI is InChI=1S/C8H9Cl2N/c9-3-1-2-7-4-8(10)6-11-5-7/h4-6H,1-3H2. The van der Waals surface area contributed by atoms with Crippen molar-refractivity contribution in [2.75, 3.05) is 5.88 Å². The predicted molar refractivity (Wildman–Crippen MR) is 48.3 cm³/mol. The third kappa shape index (κ3) is 3.08. The van der Waals surface area contributed by atoms with Crippen LogP contribution >= 0.6 is 23.2 Å². The lowest BCUT2D eigenvalue weighted by atomic mass is 10.2. The van der Waals surface area contributed by atoms with Crippen LogP contribution in [0.25, 0.3) is 0 Å². The number of alkyl halides is 1. The van der Waals surface area contributed by atoms with Gasteiger partial charge in [0.25, 0.3) is 0 Å². The highest BCUT2D eigenvalue weighted by atomic mass is 35.5. The van der Waals surface area contributed by atoms with Crippen molar-refractivity contribution in [3.05, 3.63) is 29.0 Å². The van der Waals surface area contributed by atoms with E-state index >= 15 is 0 Å². The summed E-state index contributed by atoms with van der Waals surface area (Å²) < 4.78 is 0. The smallest absolute Gasteiger partial charge is 0.0592 e. The van der Waals surface area contributed by atoms with Crippen LogP contribution in [-0.2, 0) is 6.42 Å². The Bertz CT molecular complexity index is 225. The van der Waals surface area contributed by atoms with Crippen LogP contribution in [0, 0.1) is 0 Å². The van der Waals surface area contributed by atoms with E-state index in [1.54, 1.807) is 6.20 Å². The van der Waals surface area contributed by atoms with E-state index in [0.29, 0.717) is 10.9 Å². The molecule has 0 aromatic carbocycles. The first-order valence-electron chi connectivity index (χ1n) is 3.48. The summed E-state index contributed by atoms with van der Waals surface area (Å²) in [6.07, 6.45) is 5.38. The first-order chi connectivity index (χ1) is 5.33. The second kappa shape index (κ2) is 4.58. The van der Waals surface area contributed by atoms with Gasteiger partial charge in [-0.25, -0.2) is 0 Å². The Hall–Kier alpha value is -0.270. The third-order valence-electron chi connectivity index (χ3n) is 1.36. The Morgan fingerprint density at radius 1 is 1.36 bits per heavy atom. The van der Waals surface area contributed by atoms with Gasteiger partial charge < -0.3 is 0 Å². The van der Waals surface area contributed by atoms with E-state index in [2.05, 4.69) is 4.98 Å². The summed E-state index contributed by atoms with van der Waals surface area (Å²) in [5, 5.41) is 0.692. The fraction of sp³-hybridized carbons (Fsp3) is 0.375. The Morgan fingerprint density at radius 2 is 2.18 bits per heavy atom. The van der Waals surface area contributed by atoms with Gasteiger partial charge in [0.05, 0.1) is 5.02 Å². The molecule has 11 heavy (non-hydrogen) atoms. The average Bonchev–Trinajstić information content (AvgIpc) is 2.01. The lowest BCUT2D eigenvalue weighted by Gasteiger charge is -1.97. The second-order valence-electron chi connectivity index (χ2n) is 2.30. The summed E-state index contributed by atoms with van der Waals surface area (Å²) in [5.74, 6) is 0.687. The molecule has 0 N–H and O–H groups in total. The fourth-order valence-electron chi connectivity index (χ4n) is 0.864. The Morgan fingerprint density at radius 3 is 2.82 bits per heavy atom. The van der Waals surface area contributed by atoms with Gasteiger partial charge in [-0.05, 0) is 24.5 Å².